The maximum Gasteiger partial charge on any atom is 0.507 e. The second-order valence-corrected chi connectivity index (χ2v) is 5.86. The molecule has 0 saturated carbocycles. The van der Waals surface area contributed by atoms with Crippen LogP contribution in [-0.4, -0.2) is 19.7 Å². The number of rotatable bonds is 3. The Bertz CT molecular complexity index is 409. The molecule has 1 aromatic heterocycles. The molecule has 0 fully saturated rings. The average molecular weight is 257 g/mol. The van der Waals surface area contributed by atoms with Crippen molar-refractivity contribution in [3.8, 4) is 0 Å². The van der Waals surface area contributed by atoms with E-state index in [2.05, 4.69) is 4.74 Å². The molecule has 0 spiro atoms. The van der Waals surface area contributed by atoms with Crippen LogP contribution in [0.3, 0.4) is 0 Å². The van der Waals surface area contributed by atoms with Crippen LogP contribution in [0.2, 0.25) is 0 Å². The first kappa shape index (κ1) is 11.3. The summed E-state index contributed by atoms with van der Waals surface area (Å²) in [6, 6.07) is 3.00. The summed E-state index contributed by atoms with van der Waals surface area (Å²) in [4.78, 5) is 10.4. The van der Waals surface area contributed by atoms with Crippen LogP contribution in [0.4, 0.5) is 4.79 Å². The van der Waals surface area contributed by atoms with E-state index in [1.54, 1.807) is 11.4 Å². The lowest BCUT2D eigenvalue weighted by molar-refractivity contribution is 0.0804. The van der Waals surface area contributed by atoms with Crippen molar-refractivity contribution in [1.29, 1.82) is 0 Å². The third-order valence-corrected chi connectivity index (χ3v) is 3.65. The summed E-state index contributed by atoms with van der Waals surface area (Å²) < 4.78 is 26.1. The maximum atomic E-state index is 10.9. The van der Waals surface area contributed by atoms with Gasteiger partial charge in [0.25, 0.3) is 14.5 Å². The highest BCUT2D eigenvalue weighted by molar-refractivity contribution is 8.13. The van der Waals surface area contributed by atoms with E-state index in [9.17, 15) is 13.2 Å². The summed E-state index contributed by atoms with van der Waals surface area (Å²) in [5.74, 6) is 0. The molecule has 1 N–H and O–H groups in total. The zero-order valence-electron chi connectivity index (χ0n) is 6.58. The number of carboxylic acid groups (broad SMARTS) is 1. The first-order valence-corrected chi connectivity index (χ1v) is 6.53. The number of hydrogen-bond donors (Lipinski definition) is 1. The van der Waals surface area contributed by atoms with E-state index in [4.69, 9.17) is 15.8 Å². The summed E-state index contributed by atoms with van der Waals surface area (Å²) in [6.07, 6.45) is -1.69. The first-order valence-electron chi connectivity index (χ1n) is 3.27. The molecule has 1 rings (SSSR count). The van der Waals surface area contributed by atoms with Crippen LogP contribution >= 0.6 is 22.0 Å². The van der Waals surface area contributed by atoms with Crippen LogP contribution in [0.1, 0.15) is 10.3 Å². The van der Waals surface area contributed by atoms with Gasteiger partial charge in [-0.15, -0.1) is 11.3 Å². The molecule has 5 nitrogen and oxygen atoms in total. The molecule has 0 aliphatic carbocycles. The largest absolute Gasteiger partial charge is 0.507 e. The molecule has 0 radical (unpaired) electrons. The molecule has 1 unspecified atom stereocenters. The van der Waals surface area contributed by atoms with Gasteiger partial charge < -0.3 is 9.84 Å². The van der Waals surface area contributed by atoms with Gasteiger partial charge in [0.05, 0.1) is 4.88 Å². The maximum absolute atomic E-state index is 10.9. The lowest BCUT2D eigenvalue weighted by Gasteiger charge is -2.09. The average Bonchev–Trinajstić information content (AvgIpc) is 2.49. The monoisotopic (exact) mass is 256 g/mol. The number of ether oxygens (including phenoxy) is 1. The summed E-state index contributed by atoms with van der Waals surface area (Å²) in [6.45, 7) is 0. The van der Waals surface area contributed by atoms with Crippen molar-refractivity contribution in [2.24, 2.45) is 0 Å². The fourth-order valence-corrected chi connectivity index (χ4v) is 3.06. The second kappa shape index (κ2) is 4.16. The fraction of sp³-hybridized carbons (Fsp3) is 0.167. The third kappa shape index (κ3) is 2.86. The normalized spacial score (nSPS) is 13.5. The van der Waals surface area contributed by atoms with E-state index in [1.165, 1.54) is 6.07 Å². The predicted octanol–water partition coefficient (Wildman–Crippen LogP) is 2.01. The lowest BCUT2D eigenvalue weighted by atomic mass is 10.5. The van der Waals surface area contributed by atoms with E-state index in [-0.39, 0.29) is 4.88 Å². The van der Waals surface area contributed by atoms with Crippen LogP contribution in [0, 0.1) is 0 Å². The van der Waals surface area contributed by atoms with Crippen molar-refractivity contribution in [1.82, 2.24) is 0 Å². The van der Waals surface area contributed by atoms with Crippen molar-refractivity contribution in [2.75, 3.05) is 0 Å². The summed E-state index contributed by atoms with van der Waals surface area (Å²) in [5, 5.41) is 9.90. The highest BCUT2D eigenvalue weighted by Gasteiger charge is 2.30. The van der Waals surface area contributed by atoms with Gasteiger partial charge in [-0.05, 0) is 11.4 Å². The molecule has 8 heteroatoms. The molecule has 1 atom stereocenters. The van der Waals surface area contributed by atoms with Crippen LogP contribution < -0.4 is 0 Å². The van der Waals surface area contributed by atoms with Crippen molar-refractivity contribution < 1.29 is 23.1 Å². The zero-order chi connectivity index (χ0) is 10.8. The Morgan fingerprint density at radius 3 is 2.64 bits per heavy atom. The van der Waals surface area contributed by atoms with Crippen molar-refractivity contribution >= 4 is 37.2 Å². The number of hydrogen-bond acceptors (Lipinski definition) is 5. The van der Waals surface area contributed by atoms with Gasteiger partial charge >= 0.3 is 6.16 Å². The smallest absolute Gasteiger partial charge is 0.450 e. The second-order valence-electron chi connectivity index (χ2n) is 2.21. The standard InChI is InChI=1S/C6H5ClO5S2/c7-14(10,11)5(12-6(8)9)4-2-1-3-13-4/h1-3,5H,(H,8,9). The Hall–Kier alpha value is -0.790. The van der Waals surface area contributed by atoms with Crippen molar-refractivity contribution in [2.45, 2.75) is 5.44 Å². The summed E-state index contributed by atoms with van der Waals surface area (Å²) in [5.41, 5.74) is -1.65. The van der Waals surface area contributed by atoms with Gasteiger partial charge in [0.2, 0.25) is 0 Å². The van der Waals surface area contributed by atoms with Crippen LogP contribution in [0.5, 0.6) is 0 Å². The van der Waals surface area contributed by atoms with Gasteiger partial charge in [-0.2, -0.15) is 0 Å². The minimum absolute atomic E-state index is 0.224. The molecule has 0 bridgehead atoms. The number of thiophene rings is 1. The van der Waals surface area contributed by atoms with Crippen molar-refractivity contribution in [3.63, 3.8) is 0 Å². The van der Waals surface area contributed by atoms with E-state index < -0.39 is 20.6 Å². The highest BCUT2D eigenvalue weighted by Crippen LogP contribution is 2.30. The molecule has 0 saturated heterocycles. The van der Waals surface area contributed by atoms with Gasteiger partial charge in [-0.1, -0.05) is 6.07 Å². The fourth-order valence-electron chi connectivity index (χ4n) is 0.771. The van der Waals surface area contributed by atoms with Crippen molar-refractivity contribution in [3.05, 3.63) is 22.4 Å². The molecule has 0 aliphatic heterocycles. The summed E-state index contributed by atoms with van der Waals surface area (Å²) >= 11 is 1.05. The van der Waals surface area contributed by atoms with Crippen LogP contribution in [0.15, 0.2) is 17.5 Å². The lowest BCUT2D eigenvalue weighted by Crippen LogP contribution is -2.14. The molecule has 14 heavy (non-hydrogen) atoms. The van der Waals surface area contributed by atoms with E-state index in [0.717, 1.165) is 11.3 Å². The Morgan fingerprint density at radius 1 is 1.64 bits per heavy atom. The number of carbonyl (C=O) groups is 1. The van der Waals surface area contributed by atoms with Gasteiger partial charge in [0, 0.05) is 10.7 Å². The van der Waals surface area contributed by atoms with Gasteiger partial charge in [0.1, 0.15) is 0 Å². The van der Waals surface area contributed by atoms with Crippen LogP contribution in [0.25, 0.3) is 0 Å². The van der Waals surface area contributed by atoms with E-state index >= 15 is 0 Å². The Labute approximate surface area is 88.3 Å². The molecule has 0 amide bonds. The van der Waals surface area contributed by atoms with Gasteiger partial charge in [0.15, 0.2) is 0 Å². The predicted molar refractivity (Wildman–Crippen MR) is 50.9 cm³/mol. The van der Waals surface area contributed by atoms with E-state index in [0.29, 0.717) is 0 Å². The van der Waals surface area contributed by atoms with Crippen LogP contribution in [-0.2, 0) is 13.8 Å². The molecule has 0 aliphatic rings. The van der Waals surface area contributed by atoms with Gasteiger partial charge in [-0.3, -0.25) is 0 Å². The SMILES string of the molecule is O=C(O)OC(c1cccs1)S(=O)(=O)Cl. The quantitative estimate of drug-likeness (QED) is 0.661. The topological polar surface area (TPSA) is 80.7 Å². The van der Waals surface area contributed by atoms with Gasteiger partial charge in [-0.25, -0.2) is 13.2 Å². The molecule has 1 heterocycles. The minimum Gasteiger partial charge on any atom is -0.450 e. The Morgan fingerprint density at radius 2 is 2.29 bits per heavy atom. The molecule has 0 aromatic carbocycles. The zero-order valence-corrected chi connectivity index (χ0v) is 8.97. The van der Waals surface area contributed by atoms with E-state index in [1.807, 2.05) is 0 Å². The Balaban J connectivity index is 3.01. The Kier molecular flexibility index (Phi) is 3.35. The molecular formula is C6H5ClO5S2. The summed E-state index contributed by atoms with van der Waals surface area (Å²) in [7, 11) is 0.922. The molecule has 78 valence electrons. The first-order chi connectivity index (χ1) is 6.41. The highest BCUT2D eigenvalue weighted by atomic mass is 35.7. The third-order valence-electron chi connectivity index (χ3n) is 1.24. The molecule has 1 aromatic rings. The number of halogens is 1. The molecular weight excluding hydrogens is 252 g/mol. The minimum atomic E-state index is -4.10.